The van der Waals surface area contributed by atoms with E-state index in [1.807, 2.05) is 0 Å². The minimum atomic E-state index is 0.447. The van der Waals surface area contributed by atoms with Gasteiger partial charge in [0, 0.05) is 42.7 Å². The van der Waals surface area contributed by atoms with Gasteiger partial charge in [0.2, 0.25) is 0 Å². The Bertz CT molecular complexity index is 438. The molecule has 0 amide bonds. The second-order valence-electron chi connectivity index (χ2n) is 6.08. The third-order valence-corrected chi connectivity index (χ3v) is 4.97. The van der Waals surface area contributed by atoms with Gasteiger partial charge in [-0.25, -0.2) is 0 Å². The molecular weight excluding hydrogens is 326 g/mol. The van der Waals surface area contributed by atoms with E-state index >= 15 is 0 Å². The molecule has 2 rings (SSSR count). The second kappa shape index (κ2) is 8.28. The van der Waals surface area contributed by atoms with Crippen LogP contribution in [0.4, 0.5) is 0 Å². The van der Waals surface area contributed by atoms with E-state index in [1.54, 1.807) is 0 Å². The molecule has 3 nitrogen and oxygen atoms in total. The highest BCUT2D eigenvalue weighted by molar-refractivity contribution is 9.10. The van der Waals surface area contributed by atoms with E-state index in [4.69, 9.17) is 0 Å². The number of nitrogens with zero attached hydrogens (tertiary/aromatic N) is 2. The standard InChI is InChI=1S/C17H28BrN3/c1-4-19-17(15-6-5-7-16(18)12-15)8-9-21-11-10-20(3)14(2)13-21/h5-7,12,14,17,19H,4,8-11,13H2,1-3H3. The molecule has 0 saturated carbocycles. The maximum absolute atomic E-state index is 3.63. The average Bonchev–Trinajstić information content (AvgIpc) is 2.47. The van der Waals surface area contributed by atoms with Crippen molar-refractivity contribution in [2.75, 3.05) is 39.8 Å². The second-order valence-corrected chi connectivity index (χ2v) is 7.00. The first-order valence-electron chi connectivity index (χ1n) is 8.01. The van der Waals surface area contributed by atoms with Crippen LogP contribution in [0.2, 0.25) is 0 Å². The molecule has 0 aromatic heterocycles. The van der Waals surface area contributed by atoms with Crippen molar-refractivity contribution in [1.29, 1.82) is 0 Å². The molecule has 4 heteroatoms. The molecule has 0 spiro atoms. The highest BCUT2D eigenvalue weighted by atomic mass is 79.9. The summed E-state index contributed by atoms with van der Waals surface area (Å²) in [5, 5.41) is 3.63. The van der Waals surface area contributed by atoms with Crippen LogP contribution < -0.4 is 5.32 Å². The maximum atomic E-state index is 3.63. The number of halogens is 1. The van der Waals surface area contributed by atoms with Crippen LogP contribution in [0.3, 0.4) is 0 Å². The Morgan fingerprint density at radius 3 is 2.86 bits per heavy atom. The van der Waals surface area contributed by atoms with E-state index < -0.39 is 0 Å². The number of rotatable bonds is 6. The lowest BCUT2D eigenvalue weighted by atomic mass is 10.0. The van der Waals surface area contributed by atoms with Gasteiger partial charge < -0.3 is 15.1 Å². The zero-order valence-corrected chi connectivity index (χ0v) is 15.1. The average molecular weight is 354 g/mol. The lowest BCUT2D eigenvalue weighted by molar-refractivity contribution is 0.102. The minimum absolute atomic E-state index is 0.447. The minimum Gasteiger partial charge on any atom is -0.310 e. The van der Waals surface area contributed by atoms with Gasteiger partial charge in [-0.2, -0.15) is 0 Å². The quantitative estimate of drug-likeness (QED) is 0.847. The van der Waals surface area contributed by atoms with Crippen LogP contribution in [0, 0.1) is 0 Å². The van der Waals surface area contributed by atoms with E-state index in [-0.39, 0.29) is 0 Å². The van der Waals surface area contributed by atoms with Gasteiger partial charge in [0.25, 0.3) is 0 Å². The third kappa shape index (κ3) is 5.06. The Hall–Kier alpha value is -0.420. The number of piperazine rings is 1. The molecule has 118 valence electrons. The van der Waals surface area contributed by atoms with E-state index in [0.717, 1.165) is 11.0 Å². The van der Waals surface area contributed by atoms with Crippen molar-refractivity contribution < 1.29 is 0 Å². The van der Waals surface area contributed by atoms with E-state index in [0.29, 0.717) is 12.1 Å². The summed E-state index contributed by atoms with van der Waals surface area (Å²) >= 11 is 3.58. The Balaban J connectivity index is 1.91. The van der Waals surface area contributed by atoms with Gasteiger partial charge in [-0.1, -0.05) is 35.0 Å². The van der Waals surface area contributed by atoms with Crippen molar-refractivity contribution in [3.05, 3.63) is 34.3 Å². The van der Waals surface area contributed by atoms with Gasteiger partial charge in [-0.15, -0.1) is 0 Å². The Kier molecular flexibility index (Phi) is 6.68. The largest absolute Gasteiger partial charge is 0.310 e. The molecule has 0 bridgehead atoms. The van der Waals surface area contributed by atoms with Crippen LogP contribution >= 0.6 is 15.9 Å². The molecule has 1 aliphatic rings. The zero-order valence-electron chi connectivity index (χ0n) is 13.5. The molecule has 0 aliphatic carbocycles. The van der Waals surface area contributed by atoms with Crippen molar-refractivity contribution in [2.45, 2.75) is 32.4 Å². The number of benzene rings is 1. The molecule has 2 atom stereocenters. The topological polar surface area (TPSA) is 18.5 Å². The van der Waals surface area contributed by atoms with Gasteiger partial charge in [-0.05, 0) is 44.6 Å². The Morgan fingerprint density at radius 2 is 2.19 bits per heavy atom. The molecule has 0 radical (unpaired) electrons. The van der Waals surface area contributed by atoms with Crippen molar-refractivity contribution in [2.24, 2.45) is 0 Å². The monoisotopic (exact) mass is 353 g/mol. The van der Waals surface area contributed by atoms with Gasteiger partial charge in [0.05, 0.1) is 0 Å². The fourth-order valence-corrected chi connectivity index (χ4v) is 3.41. The van der Waals surface area contributed by atoms with Gasteiger partial charge in [0.1, 0.15) is 0 Å². The molecule has 1 aliphatic heterocycles. The molecule has 1 aromatic carbocycles. The summed E-state index contributed by atoms with van der Waals surface area (Å²) in [5.74, 6) is 0. The predicted octanol–water partition coefficient (Wildman–Crippen LogP) is 3.13. The number of hydrogen-bond acceptors (Lipinski definition) is 3. The fourth-order valence-electron chi connectivity index (χ4n) is 2.99. The molecule has 1 heterocycles. The first-order valence-corrected chi connectivity index (χ1v) is 8.81. The summed E-state index contributed by atoms with van der Waals surface area (Å²) in [7, 11) is 2.23. The highest BCUT2D eigenvalue weighted by Crippen LogP contribution is 2.21. The lowest BCUT2D eigenvalue weighted by Crippen LogP contribution is -2.50. The summed E-state index contributed by atoms with van der Waals surface area (Å²) in [6.07, 6.45) is 1.17. The van der Waals surface area contributed by atoms with E-state index in [2.05, 4.69) is 76.2 Å². The molecule has 2 unspecified atom stereocenters. The van der Waals surface area contributed by atoms with Gasteiger partial charge >= 0.3 is 0 Å². The molecule has 1 N–H and O–H groups in total. The smallest absolute Gasteiger partial charge is 0.0332 e. The fraction of sp³-hybridized carbons (Fsp3) is 0.647. The number of nitrogens with one attached hydrogen (secondary N) is 1. The van der Waals surface area contributed by atoms with Gasteiger partial charge in [0.15, 0.2) is 0 Å². The summed E-state index contributed by atoms with van der Waals surface area (Å²) in [5.41, 5.74) is 1.38. The Morgan fingerprint density at radius 1 is 1.38 bits per heavy atom. The highest BCUT2D eigenvalue weighted by Gasteiger charge is 2.21. The van der Waals surface area contributed by atoms with E-state index in [1.165, 1.54) is 38.2 Å². The van der Waals surface area contributed by atoms with Crippen molar-refractivity contribution in [3.63, 3.8) is 0 Å². The first-order chi connectivity index (χ1) is 10.1. The summed E-state index contributed by atoms with van der Waals surface area (Å²) in [4.78, 5) is 5.06. The van der Waals surface area contributed by atoms with Crippen LogP contribution in [0.5, 0.6) is 0 Å². The zero-order chi connectivity index (χ0) is 15.2. The van der Waals surface area contributed by atoms with E-state index in [9.17, 15) is 0 Å². The summed E-state index contributed by atoms with van der Waals surface area (Å²) < 4.78 is 1.16. The normalized spacial score (nSPS) is 22.4. The van der Waals surface area contributed by atoms with Crippen LogP contribution in [0.15, 0.2) is 28.7 Å². The first kappa shape index (κ1) is 16.9. The molecule has 1 fully saturated rings. The molecular formula is C17H28BrN3. The number of likely N-dealkylation sites (N-methyl/N-ethyl adjacent to an activating group) is 1. The molecule has 21 heavy (non-hydrogen) atoms. The summed E-state index contributed by atoms with van der Waals surface area (Å²) in [6.45, 7) is 10.2. The van der Waals surface area contributed by atoms with Gasteiger partial charge in [-0.3, -0.25) is 0 Å². The van der Waals surface area contributed by atoms with Crippen LogP contribution in [-0.4, -0.2) is 55.6 Å². The lowest BCUT2D eigenvalue weighted by Gasteiger charge is -2.38. The van der Waals surface area contributed by atoms with Crippen molar-refractivity contribution in [3.8, 4) is 0 Å². The molecule has 1 saturated heterocycles. The Labute approximate surface area is 137 Å². The SMILES string of the molecule is CCNC(CCN1CCN(C)C(C)C1)c1cccc(Br)c1. The number of hydrogen-bond donors (Lipinski definition) is 1. The molecule has 1 aromatic rings. The summed E-state index contributed by atoms with van der Waals surface area (Å²) in [6, 6.07) is 9.80. The van der Waals surface area contributed by atoms with Crippen molar-refractivity contribution >= 4 is 15.9 Å². The van der Waals surface area contributed by atoms with Crippen LogP contribution in [0.1, 0.15) is 31.9 Å². The predicted molar refractivity (Wildman–Crippen MR) is 93.7 cm³/mol. The van der Waals surface area contributed by atoms with Crippen LogP contribution in [0.25, 0.3) is 0 Å². The third-order valence-electron chi connectivity index (χ3n) is 4.48. The van der Waals surface area contributed by atoms with Crippen LogP contribution in [-0.2, 0) is 0 Å². The maximum Gasteiger partial charge on any atom is 0.0332 e. The van der Waals surface area contributed by atoms with Crippen molar-refractivity contribution in [1.82, 2.24) is 15.1 Å².